The number of hydrogen-bond donors (Lipinski definition) is 1. The lowest BCUT2D eigenvalue weighted by Gasteiger charge is -2.32. The average Bonchev–Trinajstić information content (AvgIpc) is 3.15. The van der Waals surface area contributed by atoms with Crippen molar-refractivity contribution >= 4 is 11.9 Å². The summed E-state index contributed by atoms with van der Waals surface area (Å²) in [5, 5.41) is 12.9. The molecule has 7 nitrogen and oxygen atoms in total. The van der Waals surface area contributed by atoms with Gasteiger partial charge in [-0.2, -0.15) is 4.98 Å². The minimum atomic E-state index is -1.13. The van der Waals surface area contributed by atoms with Crippen LogP contribution in [0, 0.1) is 12.3 Å². The summed E-state index contributed by atoms with van der Waals surface area (Å²) in [6, 6.07) is 0. The number of carbonyl (C=O) groups is 2. The van der Waals surface area contributed by atoms with Gasteiger partial charge in [0.25, 0.3) is 0 Å². The molecule has 0 bridgehead atoms. The molecule has 0 aromatic carbocycles. The summed E-state index contributed by atoms with van der Waals surface area (Å²) in [7, 11) is 0. The smallest absolute Gasteiger partial charge is 0.319 e. The maximum absolute atomic E-state index is 12.3. The number of rotatable bonds is 3. The minimum Gasteiger partial charge on any atom is -0.480 e. The molecule has 0 radical (unpaired) electrons. The molecule has 2 heterocycles. The van der Waals surface area contributed by atoms with Crippen LogP contribution in [0.4, 0.5) is 0 Å². The van der Waals surface area contributed by atoms with Gasteiger partial charge in [0.15, 0.2) is 5.82 Å². The van der Waals surface area contributed by atoms with Gasteiger partial charge >= 0.3 is 5.97 Å². The number of carboxylic acid groups (broad SMARTS) is 1. The van der Waals surface area contributed by atoms with Crippen molar-refractivity contribution in [3.05, 3.63) is 11.7 Å². The highest BCUT2D eigenvalue weighted by Crippen LogP contribution is 2.48. The van der Waals surface area contributed by atoms with E-state index in [0.29, 0.717) is 37.6 Å². The van der Waals surface area contributed by atoms with E-state index in [2.05, 4.69) is 10.1 Å². The van der Waals surface area contributed by atoms with Crippen LogP contribution < -0.4 is 0 Å². The van der Waals surface area contributed by atoms with E-state index in [9.17, 15) is 9.59 Å². The second-order valence-electron chi connectivity index (χ2n) is 5.63. The zero-order valence-corrected chi connectivity index (χ0v) is 11.3. The molecule has 20 heavy (non-hydrogen) atoms. The lowest BCUT2D eigenvalue weighted by molar-refractivity contribution is -0.154. The third-order valence-corrected chi connectivity index (χ3v) is 4.24. The fraction of sp³-hybridized carbons (Fsp3) is 0.692. The third-order valence-electron chi connectivity index (χ3n) is 4.24. The Kier molecular flexibility index (Phi) is 2.99. The second kappa shape index (κ2) is 4.57. The molecule has 0 unspecified atom stereocenters. The summed E-state index contributed by atoms with van der Waals surface area (Å²) >= 11 is 0. The predicted octanol–water partition coefficient (Wildman–Crippen LogP) is 0.949. The molecule has 2 fully saturated rings. The molecule has 1 aromatic rings. The first-order valence-corrected chi connectivity index (χ1v) is 6.86. The molecule has 3 rings (SSSR count). The van der Waals surface area contributed by atoms with Gasteiger partial charge in [-0.05, 0) is 32.6 Å². The molecule has 2 aliphatic rings. The van der Waals surface area contributed by atoms with Crippen LogP contribution in [0.3, 0.4) is 0 Å². The SMILES string of the molecule is Cc1noc(C2CCN(C(=O)C3(C(=O)O)CC3)CC2)n1. The van der Waals surface area contributed by atoms with Crippen molar-refractivity contribution in [1.82, 2.24) is 15.0 Å². The Hall–Kier alpha value is -1.92. The number of likely N-dealkylation sites (tertiary alicyclic amines) is 1. The first-order chi connectivity index (χ1) is 9.53. The zero-order chi connectivity index (χ0) is 14.3. The van der Waals surface area contributed by atoms with E-state index in [1.165, 1.54) is 0 Å². The van der Waals surface area contributed by atoms with Gasteiger partial charge in [0, 0.05) is 19.0 Å². The number of aryl methyl sites for hydroxylation is 1. The monoisotopic (exact) mass is 279 g/mol. The fourth-order valence-electron chi connectivity index (χ4n) is 2.76. The normalized spacial score (nSPS) is 21.8. The molecule has 1 saturated heterocycles. The molecule has 1 aliphatic carbocycles. The molecular formula is C13H17N3O4. The number of carboxylic acids is 1. The van der Waals surface area contributed by atoms with E-state index in [4.69, 9.17) is 9.63 Å². The van der Waals surface area contributed by atoms with Gasteiger partial charge in [-0.3, -0.25) is 9.59 Å². The van der Waals surface area contributed by atoms with Crippen molar-refractivity contribution in [2.24, 2.45) is 5.41 Å². The Morgan fingerprint density at radius 1 is 1.35 bits per heavy atom. The standard InChI is InChI=1S/C13H17N3O4/c1-8-14-10(20-15-8)9-2-6-16(7-3-9)11(17)13(4-5-13)12(18)19/h9H,2-7H2,1H3,(H,18,19). The van der Waals surface area contributed by atoms with Gasteiger partial charge in [-0.1, -0.05) is 5.16 Å². The van der Waals surface area contributed by atoms with Gasteiger partial charge in [0.05, 0.1) is 0 Å². The van der Waals surface area contributed by atoms with Crippen LogP contribution in [0.15, 0.2) is 4.52 Å². The zero-order valence-electron chi connectivity index (χ0n) is 11.3. The first kappa shape index (κ1) is 13.1. The fourth-order valence-corrected chi connectivity index (χ4v) is 2.76. The molecule has 1 saturated carbocycles. The van der Waals surface area contributed by atoms with Gasteiger partial charge in [-0.15, -0.1) is 0 Å². The summed E-state index contributed by atoms with van der Waals surface area (Å²) in [4.78, 5) is 29.3. The van der Waals surface area contributed by atoms with Crippen molar-refractivity contribution in [3.8, 4) is 0 Å². The lowest BCUT2D eigenvalue weighted by Crippen LogP contribution is -2.44. The molecular weight excluding hydrogens is 262 g/mol. The van der Waals surface area contributed by atoms with Crippen molar-refractivity contribution in [2.45, 2.75) is 38.5 Å². The summed E-state index contributed by atoms with van der Waals surface area (Å²) in [5.41, 5.74) is -1.13. The highest BCUT2D eigenvalue weighted by Gasteiger charge is 2.58. The van der Waals surface area contributed by atoms with Crippen molar-refractivity contribution in [1.29, 1.82) is 0 Å². The molecule has 1 N–H and O–H groups in total. The Bertz CT molecular complexity index is 542. The van der Waals surface area contributed by atoms with Crippen LogP contribution in [0.2, 0.25) is 0 Å². The van der Waals surface area contributed by atoms with Crippen LogP contribution in [-0.4, -0.2) is 45.1 Å². The summed E-state index contributed by atoms with van der Waals surface area (Å²) in [5.74, 6) is 0.179. The number of hydrogen-bond acceptors (Lipinski definition) is 5. The average molecular weight is 279 g/mol. The van der Waals surface area contributed by atoms with E-state index < -0.39 is 11.4 Å². The van der Waals surface area contributed by atoms with Crippen LogP contribution in [0.1, 0.15) is 43.3 Å². The number of piperidine rings is 1. The number of nitrogens with zero attached hydrogens (tertiary/aromatic N) is 3. The van der Waals surface area contributed by atoms with Gasteiger partial charge in [-0.25, -0.2) is 0 Å². The van der Waals surface area contributed by atoms with Crippen molar-refractivity contribution in [3.63, 3.8) is 0 Å². The number of aliphatic carboxylic acids is 1. The first-order valence-electron chi connectivity index (χ1n) is 6.86. The Labute approximate surface area is 115 Å². The summed E-state index contributed by atoms with van der Waals surface area (Å²) < 4.78 is 5.16. The minimum absolute atomic E-state index is 0.167. The molecule has 1 aliphatic heterocycles. The van der Waals surface area contributed by atoms with Crippen LogP contribution in [-0.2, 0) is 9.59 Å². The maximum Gasteiger partial charge on any atom is 0.319 e. The van der Waals surface area contributed by atoms with Gasteiger partial charge in [0.1, 0.15) is 5.41 Å². The van der Waals surface area contributed by atoms with Crippen LogP contribution in [0.5, 0.6) is 0 Å². The maximum atomic E-state index is 12.3. The number of aromatic nitrogens is 2. The van der Waals surface area contributed by atoms with Crippen molar-refractivity contribution in [2.75, 3.05) is 13.1 Å². The third kappa shape index (κ3) is 2.07. The van der Waals surface area contributed by atoms with Crippen LogP contribution >= 0.6 is 0 Å². The molecule has 0 atom stereocenters. The molecule has 7 heteroatoms. The predicted molar refractivity (Wildman–Crippen MR) is 66.9 cm³/mol. The molecule has 0 spiro atoms. The molecule has 1 aromatic heterocycles. The van der Waals surface area contributed by atoms with E-state index in [1.54, 1.807) is 11.8 Å². The topological polar surface area (TPSA) is 96.5 Å². The van der Waals surface area contributed by atoms with E-state index in [0.717, 1.165) is 12.8 Å². The largest absolute Gasteiger partial charge is 0.480 e. The highest BCUT2D eigenvalue weighted by molar-refractivity contribution is 6.04. The Balaban J connectivity index is 1.62. The lowest BCUT2D eigenvalue weighted by atomic mass is 9.95. The van der Waals surface area contributed by atoms with E-state index in [1.807, 2.05) is 0 Å². The molecule has 1 amide bonds. The number of amides is 1. The Morgan fingerprint density at radius 2 is 2.00 bits per heavy atom. The van der Waals surface area contributed by atoms with Crippen molar-refractivity contribution < 1.29 is 19.2 Å². The second-order valence-corrected chi connectivity index (χ2v) is 5.63. The quantitative estimate of drug-likeness (QED) is 0.827. The van der Waals surface area contributed by atoms with Gasteiger partial charge in [0.2, 0.25) is 11.8 Å². The summed E-state index contributed by atoms with van der Waals surface area (Å²) in [6.45, 7) is 2.88. The van der Waals surface area contributed by atoms with Gasteiger partial charge < -0.3 is 14.5 Å². The van der Waals surface area contributed by atoms with Crippen LogP contribution in [0.25, 0.3) is 0 Å². The van der Waals surface area contributed by atoms with E-state index >= 15 is 0 Å². The Morgan fingerprint density at radius 3 is 2.45 bits per heavy atom. The number of carbonyl (C=O) groups excluding carboxylic acids is 1. The highest BCUT2D eigenvalue weighted by atomic mass is 16.5. The summed E-state index contributed by atoms with van der Waals surface area (Å²) in [6.07, 6.45) is 2.40. The molecule has 108 valence electrons. The van der Waals surface area contributed by atoms with E-state index in [-0.39, 0.29) is 11.8 Å².